The second-order valence-electron chi connectivity index (χ2n) is 4.78. The van der Waals surface area contributed by atoms with Gasteiger partial charge in [-0.25, -0.2) is 0 Å². The first-order chi connectivity index (χ1) is 7.02. The van der Waals surface area contributed by atoms with Gasteiger partial charge in [0.1, 0.15) is 0 Å². The minimum atomic E-state index is 0.434. The first kappa shape index (κ1) is 12.3. The Labute approximate surface area is 93.9 Å². The number of aryl methyl sites for hydroxylation is 1. The molecule has 1 heteroatoms. The summed E-state index contributed by atoms with van der Waals surface area (Å²) >= 11 is 0. The highest BCUT2D eigenvalue weighted by molar-refractivity contribution is 5.28. The molecular formula is C14H23N. The predicted octanol–water partition coefficient (Wildman–Crippen LogP) is 3.69. The van der Waals surface area contributed by atoms with Gasteiger partial charge in [-0.05, 0) is 37.8 Å². The van der Waals surface area contributed by atoms with Gasteiger partial charge in [-0.15, -0.1) is 0 Å². The molecule has 0 radical (unpaired) electrons. The molecule has 1 aromatic carbocycles. The molecule has 0 fully saturated rings. The van der Waals surface area contributed by atoms with Gasteiger partial charge in [-0.2, -0.15) is 0 Å². The van der Waals surface area contributed by atoms with Crippen molar-refractivity contribution in [2.75, 3.05) is 0 Å². The lowest BCUT2D eigenvalue weighted by molar-refractivity contribution is 0.388. The third kappa shape index (κ3) is 3.35. The van der Waals surface area contributed by atoms with Crippen LogP contribution in [-0.2, 0) is 0 Å². The van der Waals surface area contributed by atoms with Gasteiger partial charge < -0.3 is 5.32 Å². The maximum Gasteiger partial charge on any atom is 0.0296 e. The third-order valence-corrected chi connectivity index (χ3v) is 3.17. The summed E-state index contributed by atoms with van der Waals surface area (Å²) in [5.74, 6) is 0.677. The highest BCUT2D eigenvalue weighted by Crippen LogP contribution is 2.18. The maximum absolute atomic E-state index is 3.64. The molecule has 15 heavy (non-hydrogen) atoms. The lowest BCUT2D eigenvalue weighted by atomic mass is 9.99. The number of rotatable bonds is 4. The van der Waals surface area contributed by atoms with E-state index < -0.39 is 0 Å². The molecular weight excluding hydrogens is 182 g/mol. The number of benzene rings is 1. The van der Waals surface area contributed by atoms with Gasteiger partial charge in [0.25, 0.3) is 0 Å². The maximum atomic E-state index is 3.64. The molecule has 1 N–H and O–H groups in total. The molecule has 84 valence electrons. The van der Waals surface area contributed by atoms with Crippen LogP contribution in [0.1, 0.15) is 44.9 Å². The van der Waals surface area contributed by atoms with E-state index in [9.17, 15) is 0 Å². The van der Waals surface area contributed by atoms with E-state index in [0.717, 1.165) is 0 Å². The zero-order chi connectivity index (χ0) is 11.4. The molecule has 0 aliphatic heterocycles. The zero-order valence-corrected chi connectivity index (χ0v) is 10.5. The highest BCUT2D eigenvalue weighted by Gasteiger charge is 2.12. The summed E-state index contributed by atoms with van der Waals surface area (Å²) in [7, 11) is 0. The van der Waals surface area contributed by atoms with Crippen LogP contribution < -0.4 is 5.32 Å². The Morgan fingerprint density at radius 2 is 1.60 bits per heavy atom. The van der Waals surface area contributed by atoms with Gasteiger partial charge in [0.05, 0.1) is 0 Å². The molecule has 0 heterocycles. The Morgan fingerprint density at radius 1 is 1.00 bits per heavy atom. The number of hydrogen-bond donors (Lipinski definition) is 1. The third-order valence-electron chi connectivity index (χ3n) is 3.17. The molecule has 1 nitrogen and oxygen atoms in total. The highest BCUT2D eigenvalue weighted by atomic mass is 14.9. The van der Waals surface area contributed by atoms with Gasteiger partial charge in [0, 0.05) is 12.1 Å². The SMILES string of the molecule is Cc1ccccc1C(C)NC(C)C(C)C. The average molecular weight is 205 g/mol. The van der Waals surface area contributed by atoms with E-state index in [1.165, 1.54) is 11.1 Å². The summed E-state index contributed by atoms with van der Waals surface area (Å²) in [6.45, 7) is 11.2. The van der Waals surface area contributed by atoms with Crippen LogP contribution >= 0.6 is 0 Å². The molecule has 1 aromatic rings. The fourth-order valence-corrected chi connectivity index (χ4v) is 1.75. The zero-order valence-electron chi connectivity index (χ0n) is 10.5. The van der Waals surface area contributed by atoms with E-state index >= 15 is 0 Å². The van der Waals surface area contributed by atoms with Crippen LogP contribution in [0.15, 0.2) is 24.3 Å². The summed E-state index contributed by atoms with van der Waals surface area (Å²) in [6, 6.07) is 9.58. The summed E-state index contributed by atoms with van der Waals surface area (Å²) in [4.78, 5) is 0. The first-order valence-electron chi connectivity index (χ1n) is 5.84. The van der Waals surface area contributed by atoms with Crippen molar-refractivity contribution >= 4 is 0 Å². The van der Waals surface area contributed by atoms with Crippen LogP contribution in [0.5, 0.6) is 0 Å². The molecule has 1 rings (SSSR count). The van der Waals surface area contributed by atoms with E-state index in [1.54, 1.807) is 0 Å². The number of nitrogens with one attached hydrogen (secondary N) is 1. The molecule has 0 amide bonds. The molecule has 0 spiro atoms. The van der Waals surface area contributed by atoms with Crippen molar-refractivity contribution in [3.63, 3.8) is 0 Å². The van der Waals surface area contributed by atoms with Crippen LogP contribution in [0.25, 0.3) is 0 Å². The minimum absolute atomic E-state index is 0.434. The van der Waals surface area contributed by atoms with Crippen molar-refractivity contribution < 1.29 is 0 Å². The fraction of sp³-hybridized carbons (Fsp3) is 0.571. The van der Waals surface area contributed by atoms with Crippen LogP contribution in [0.3, 0.4) is 0 Å². The Hall–Kier alpha value is -0.820. The molecule has 0 bridgehead atoms. The second-order valence-corrected chi connectivity index (χ2v) is 4.78. The van der Waals surface area contributed by atoms with Gasteiger partial charge in [-0.1, -0.05) is 38.1 Å². The Balaban J connectivity index is 2.69. The van der Waals surface area contributed by atoms with Crippen molar-refractivity contribution in [3.05, 3.63) is 35.4 Å². The van der Waals surface area contributed by atoms with Crippen LogP contribution in [0, 0.1) is 12.8 Å². The van der Waals surface area contributed by atoms with Gasteiger partial charge in [0.15, 0.2) is 0 Å². The minimum Gasteiger partial charge on any atom is -0.307 e. The molecule has 0 saturated heterocycles. The van der Waals surface area contributed by atoms with Crippen LogP contribution in [-0.4, -0.2) is 6.04 Å². The van der Waals surface area contributed by atoms with Crippen molar-refractivity contribution in [2.24, 2.45) is 5.92 Å². The summed E-state index contributed by atoms with van der Waals surface area (Å²) in [6.07, 6.45) is 0. The molecule has 0 aliphatic carbocycles. The van der Waals surface area contributed by atoms with Gasteiger partial charge in [0.2, 0.25) is 0 Å². The van der Waals surface area contributed by atoms with E-state index in [4.69, 9.17) is 0 Å². The van der Waals surface area contributed by atoms with Crippen LogP contribution in [0.2, 0.25) is 0 Å². The summed E-state index contributed by atoms with van der Waals surface area (Å²) in [5, 5.41) is 3.64. The van der Waals surface area contributed by atoms with E-state index in [2.05, 4.69) is 64.2 Å². The van der Waals surface area contributed by atoms with Crippen molar-refractivity contribution in [1.29, 1.82) is 0 Å². The molecule has 0 saturated carbocycles. The standard InChI is InChI=1S/C14H23N/c1-10(2)12(4)15-13(5)14-9-7-6-8-11(14)3/h6-10,12-13,15H,1-5H3. The van der Waals surface area contributed by atoms with Crippen molar-refractivity contribution in [3.8, 4) is 0 Å². The summed E-state index contributed by atoms with van der Waals surface area (Å²) < 4.78 is 0. The molecule has 2 unspecified atom stereocenters. The fourth-order valence-electron chi connectivity index (χ4n) is 1.75. The first-order valence-corrected chi connectivity index (χ1v) is 5.84. The lowest BCUT2D eigenvalue weighted by Gasteiger charge is -2.24. The normalized spacial score (nSPS) is 15.3. The molecule has 2 atom stereocenters. The monoisotopic (exact) mass is 205 g/mol. The largest absolute Gasteiger partial charge is 0.307 e. The topological polar surface area (TPSA) is 12.0 Å². The quantitative estimate of drug-likeness (QED) is 0.790. The predicted molar refractivity (Wildman–Crippen MR) is 67.0 cm³/mol. The Morgan fingerprint density at radius 3 is 2.13 bits per heavy atom. The average Bonchev–Trinajstić information content (AvgIpc) is 2.18. The lowest BCUT2D eigenvalue weighted by Crippen LogP contribution is -2.33. The molecule has 0 aliphatic rings. The van der Waals surface area contributed by atoms with Crippen LogP contribution in [0.4, 0.5) is 0 Å². The Kier molecular flexibility index (Phi) is 4.34. The van der Waals surface area contributed by atoms with Crippen molar-refractivity contribution in [1.82, 2.24) is 5.32 Å². The van der Waals surface area contributed by atoms with E-state index in [1.807, 2.05) is 0 Å². The van der Waals surface area contributed by atoms with Crippen molar-refractivity contribution in [2.45, 2.75) is 46.7 Å². The molecule has 0 aromatic heterocycles. The summed E-state index contributed by atoms with van der Waals surface area (Å²) in [5.41, 5.74) is 2.78. The second kappa shape index (κ2) is 5.32. The smallest absolute Gasteiger partial charge is 0.0296 e. The number of hydrogen-bond acceptors (Lipinski definition) is 1. The Bertz CT molecular complexity index is 304. The van der Waals surface area contributed by atoms with Gasteiger partial charge in [-0.3, -0.25) is 0 Å². The van der Waals surface area contributed by atoms with E-state index in [-0.39, 0.29) is 0 Å². The van der Waals surface area contributed by atoms with Gasteiger partial charge >= 0.3 is 0 Å². The van der Waals surface area contributed by atoms with E-state index in [0.29, 0.717) is 18.0 Å².